The van der Waals surface area contributed by atoms with E-state index in [1.54, 1.807) is 33.3 Å². The molecule has 0 aliphatic carbocycles. The summed E-state index contributed by atoms with van der Waals surface area (Å²) in [5.74, 6) is -2.49. The Balaban J connectivity index is 1.52. The summed E-state index contributed by atoms with van der Waals surface area (Å²) >= 11 is 0. The molecular weight excluding hydrogens is 677 g/mol. The molecule has 3 heterocycles. The lowest BCUT2D eigenvalue weighted by Gasteiger charge is -2.34. The molecule has 6 rings (SSSR count). The van der Waals surface area contributed by atoms with Gasteiger partial charge in [0.25, 0.3) is 0 Å². The van der Waals surface area contributed by atoms with Gasteiger partial charge in [-0.15, -0.1) is 0 Å². The van der Waals surface area contributed by atoms with Crippen LogP contribution in [0.2, 0.25) is 0 Å². The summed E-state index contributed by atoms with van der Waals surface area (Å²) in [6.07, 6.45) is 3.55. The standard InChI is InChI=1S/C38H43F2N5O5S/c1-23(35(46)47)18-24-8-6-9-25(19-24)38(41-4)15-7-14-37(2,3)22-51(48,49)17-13-28-27-12-16-42-32(27)21-31(40)33(28)50-26-10-11-30(39)29(20-26)34-43-36(38)44-45(34)5/h6,8-12,16,19-21,23,41-42H,7,13-15,17-18,22H2,1-5H3,(H,46,47). The third kappa shape index (κ3) is 7.41. The average Bonchev–Trinajstić information content (AvgIpc) is 3.69. The van der Waals surface area contributed by atoms with Gasteiger partial charge in [0, 0.05) is 35.8 Å². The molecule has 0 fully saturated rings. The summed E-state index contributed by atoms with van der Waals surface area (Å²) < 4.78 is 66.3. The number of sulfone groups is 1. The van der Waals surface area contributed by atoms with E-state index in [0.29, 0.717) is 48.0 Å². The quantitative estimate of drug-likeness (QED) is 0.178. The average molecular weight is 720 g/mol. The largest absolute Gasteiger partial charge is 0.481 e. The number of hydrogen-bond donors (Lipinski definition) is 3. The molecule has 2 atom stereocenters. The zero-order valence-corrected chi connectivity index (χ0v) is 30.2. The van der Waals surface area contributed by atoms with Crippen LogP contribution in [0.1, 0.15) is 62.5 Å². The fourth-order valence-electron chi connectivity index (χ4n) is 7.24. The van der Waals surface area contributed by atoms with Gasteiger partial charge in [-0.2, -0.15) is 5.10 Å². The highest BCUT2D eigenvalue weighted by molar-refractivity contribution is 7.91. The molecule has 10 nitrogen and oxygen atoms in total. The van der Waals surface area contributed by atoms with E-state index in [1.165, 1.54) is 28.9 Å². The Morgan fingerprint density at radius 3 is 2.65 bits per heavy atom. The number of nitrogens with zero attached hydrogens (tertiary/aromatic N) is 3. The van der Waals surface area contributed by atoms with Crippen molar-refractivity contribution in [2.24, 2.45) is 18.4 Å². The Labute approximate surface area is 296 Å². The Bertz CT molecular complexity index is 2210. The summed E-state index contributed by atoms with van der Waals surface area (Å²) in [4.78, 5) is 19.6. The van der Waals surface area contributed by atoms with Crippen molar-refractivity contribution in [2.75, 3.05) is 18.6 Å². The number of carbonyl (C=O) groups is 1. The zero-order valence-electron chi connectivity index (χ0n) is 29.4. The van der Waals surface area contributed by atoms with Crippen LogP contribution in [0.4, 0.5) is 8.78 Å². The highest BCUT2D eigenvalue weighted by Crippen LogP contribution is 2.40. The predicted octanol–water partition coefficient (Wildman–Crippen LogP) is 6.93. The lowest BCUT2D eigenvalue weighted by Crippen LogP contribution is -2.43. The second kappa shape index (κ2) is 13.8. The van der Waals surface area contributed by atoms with Gasteiger partial charge in [0.2, 0.25) is 0 Å². The van der Waals surface area contributed by atoms with Crippen molar-refractivity contribution >= 4 is 26.7 Å². The van der Waals surface area contributed by atoms with Gasteiger partial charge < -0.3 is 20.1 Å². The number of fused-ring (bicyclic) bond motifs is 8. The molecule has 13 heteroatoms. The third-order valence-electron chi connectivity index (χ3n) is 9.90. The van der Waals surface area contributed by atoms with Crippen molar-refractivity contribution in [3.63, 3.8) is 0 Å². The molecule has 2 unspecified atom stereocenters. The van der Waals surface area contributed by atoms with Gasteiger partial charge in [0.05, 0.1) is 23.0 Å². The highest BCUT2D eigenvalue weighted by Gasteiger charge is 2.39. The van der Waals surface area contributed by atoms with Gasteiger partial charge in [0.1, 0.15) is 17.1 Å². The van der Waals surface area contributed by atoms with E-state index in [1.807, 2.05) is 38.1 Å². The molecule has 0 saturated heterocycles. The van der Waals surface area contributed by atoms with E-state index < -0.39 is 44.3 Å². The van der Waals surface area contributed by atoms with Crippen LogP contribution in [0.3, 0.4) is 0 Å². The van der Waals surface area contributed by atoms with Crippen LogP contribution in [-0.2, 0) is 40.1 Å². The van der Waals surface area contributed by atoms with Crippen molar-refractivity contribution in [3.05, 3.63) is 94.9 Å². The van der Waals surface area contributed by atoms with Crippen molar-refractivity contribution in [1.29, 1.82) is 0 Å². The molecule has 0 spiro atoms. The first-order valence-electron chi connectivity index (χ1n) is 17.0. The number of aliphatic carboxylic acids is 1. The van der Waals surface area contributed by atoms with E-state index in [-0.39, 0.29) is 40.8 Å². The summed E-state index contributed by atoms with van der Waals surface area (Å²) in [5.41, 5.74) is 0.981. The number of hydrogen-bond acceptors (Lipinski definition) is 7. The number of benzene rings is 3. The van der Waals surface area contributed by atoms with Gasteiger partial charge in [-0.05, 0) is 73.5 Å². The SMILES string of the molecule is CNC1(c2cccc(CC(C)C(=O)O)c2)CCCC(C)(C)CS(=O)(=O)CCc2c(c(F)cc3[nH]ccc23)Oc2ccc(F)c(c2)-c2nc1nn2C. The number of carboxylic acid groups (broad SMARTS) is 1. The van der Waals surface area contributed by atoms with Crippen molar-refractivity contribution in [1.82, 2.24) is 25.1 Å². The van der Waals surface area contributed by atoms with E-state index in [4.69, 9.17) is 14.8 Å². The number of H-pyrrole nitrogens is 1. The predicted molar refractivity (Wildman–Crippen MR) is 192 cm³/mol. The molecule has 1 aliphatic rings. The number of aryl methyl sites for hydroxylation is 2. The van der Waals surface area contributed by atoms with E-state index in [0.717, 1.165) is 11.1 Å². The third-order valence-corrected chi connectivity index (χ3v) is 11.9. The van der Waals surface area contributed by atoms with Gasteiger partial charge in [-0.25, -0.2) is 26.9 Å². The molecule has 0 saturated carbocycles. The molecular formula is C38H43F2N5O5S. The summed E-state index contributed by atoms with van der Waals surface area (Å²) in [5, 5.41) is 18.4. The van der Waals surface area contributed by atoms with E-state index in [9.17, 15) is 18.3 Å². The molecule has 5 aromatic rings. The van der Waals surface area contributed by atoms with Gasteiger partial charge in [-0.1, -0.05) is 51.5 Å². The van der Waals surface area contributed by atoms with E-state index >= 15 is 8.78 Å². The highest BCUT2D eigenvalue weighted by atomic mass is 32.2. The second-order valence-electron chi connectivity index (χ2n) is 14.4. The second-order valence-corrected chi connectivity index (χ2v) is 16.6. The lowest BCUT2D eigenvalue weighted by molar-refractivity contribution is -0.141. The van der Waals surface area contributed by atoms with Gasteiger partial charge in [-0.3, -0.25) is 4.79 Å². The number of aromatic nitrogens is 4. The summed E-state index contributed by atoms with van der Waals surface area (Å²) in [6, 6.07) is 14.7. The van der Waals surface area contributed by atoms with Gasteiger partial charge >= 0.3 is 5.97 Å². The first kappa shape index (κ1) is 36.2. The molecule has 2 aromatic heterocycles. The first-order chi connectivity index (χ1) is 24.1. The number of aromatic amines is 1. The Morgan fingerprint density at radius 1 is 1.12 bits per heavy atom. The van der Waals surface area contributed by atoms with Crippen LogP contribution < -0.4 is 10.1 Å². The number of ether oxygens (including phenoxy) is 1. The van der Waals surface area contributed by atoms with Crippen LogP contribution in [0, 0.1) is 23.0 Å². The molecule has 0 amide bonds. The number of halogens is 2. The lowest BCUT2D eigenvalue weighted by atomic mass is 9.80. The molecule has 270 valence electrons. The maximum atomic E-state index is 15.7. The van der Waals surface area contributed by atoms with Gasteiger partial charge in [0.15, 0.2) is 33.1 Å². The molecule has 3 aromatic carbocycles. The minimum absolute atomic E-state index is 0.0141. The van der Waals surface area contributed by atoms with Crippen molar-refractivity contribution in [2.45, 2.75) is 58.4 Å². The normalized spacial score (nSPS) is 19.7. The topological polar surface area (TPSA) is 139 Å². The zero-order chi connectivity index (χ0) is 36.7. The monoisotopic (exact) mass is 719 g/mol. The van der Waals surface area contributed by atoms with Crippen LogP contribution in [0.15, 0.2) is 60.8 Å². The smallest absolute Gasteiger partial charge is 0.306 e. The molecule has 51 heavy (non-hydrogen) atoms. The minimum atomic E-state index is -3.62. The van der Waals surface area contributed by atoms with Crippen molar-refractivity contribution < 1.29 is 31.8 Å². The number of nitrogens with one attached hydrogen (secondary N) is 2. The summed E-state index contributed by atoms with van der Waals surface area (Å²) in [6.45, 7) is 5.50. The minimum Gasteiger partial charge on any atom is -0.481 e. The molecule has 0 radical (unpaired) electrons. The number of rotatable bonds is 5. The van der Waals surface area contributed by atoms with Crippen molar-refractivity contribution in [3.8, 4) is 22.9 Å². The fraction of sp³-hybridized carbons (Fsp3) is 0.395. The number of carboxylic acids is 1. The van der Waals surface area contributed by atoms with Crippen LogP contribution >= 0.6 is 0 Å². The maximum Gasteiger partial charge on any atom is 0.306 e. The van der Waals surface area contributed by atoms with Crippen LogP contribution in [0.25, 0.3) is 22.3 Å². The molecule has 3 N–H and O–H groups in total. The molecule has 4 bridgehead atoms. The summed E-state index contributed by atoms with van der Waals surface area (Å²) in [7, 11) is -0.167. The first-order valence-corrected chi connectivity index (χ1v) is 18.8. The van der Waals surface area contributed by atoms with Crippen LogP contribution in [0.5, 0.6) is 11.5 Å². The molecule has 1 aliphatic heterocycles. The Morgan fingerprint density at radius 2 is 1.90 bits per heavy atom. The van der Waals surface area contributed by atoms with Crippen LogP contribution in [-0.4, -0.2) is 57.8 Å². The fourth-order valence-corrected chi connectivity index (χ4v) is 9.23. The Kier molecular flexibility index (Phi) is 9.81. The Hall–Kier alpha value is -4.62. The maximum absolute atomic E-state index is 15.7. The van der Waals surface area contributed by atoms with E-state index in [2.05, 4.69) is 10.3 Å².